The van der Waals surface area contributed by atoms with Crippen LogP contribution in [0.25, 0.3) is 10.9 Å². The molecule has 1 fully saturated rings. The molecule has 3 aromatic rings. The summed E-state index contributed by atoms with van der Waals surface area (Å²) in [6, 6.07) is 15.9. The number of carbonyl (C=O) groups excluding carboxylic acids is 1. The number of fused-ring (bicyclic) bond motifs is 1. The molecule has 0 amide bonds. The molecule has 0 N–H and O–H groups in total. The Morgan fingerprint density at radius 1 is 1.00 bits per heavy atom. The molecule has 4 rings (SSSR count). The lowest BCUT2D eigenvalue weighted by Gasteiger charge is -2.36. The van der Waals surface area contributed by atoms with Crippen LogP contribution in [0, 0.1) is 11.8 Å². The van der Waals surface area contributed by atoms with Crippen LogP contribution in [0.15, 0.2) is 48.5 Å². The summed E-state index contributed by atoms with van der Waals surface area (Å²) in [6.45, 7) is 12.2. The molecule has 1 unspecified atom stereocenters. The lowest BCUT2D eigenvalue weighted by Crippen LogP contribution is -2.46. The minimum Gasteiger partial charge on any atom is -0.494 e. The summed E-state index contributed by atoms with van der Waals surface area (Å²) in [6.07, 6.45) is 4.17. The van der Waals surface area contributed by atoms with Crippen LogP contribution in [-0.2, 0) is 11.2 Å². The zero-order valence-corrected chi connectivity index (χ0v) is 25.0. The number of nitrogens with zero attached hydrogens (tertiary/aromatic N) is 3. The maximum atomic E-state index is 12.6. The van der Waals surface area contributed by atoms with E-state index in [4.69, 9.17) is 32.9 Å². The molecule has 1 aliphatic heterocycles. The Labute approximate surface area is 243 Å². The Bertz CT molecular complexity index is 1240. The fourth-order valence-corrected chi connectivity index (χ4v) is 5.87. The predicted octanol–water partition coefficient (Wildman–Crippen LogP) is 7.71. The van der Waals surface area contributed by atoms with E-state index >= 15 is 0 Å². The van der Waals surface area contributed by atoms with Crippen LogP contribution in [0.1, 0.15) is 52.1 Å². The van der Waals surface area contributed by atoms with Crippen LogP contribution >= 0.6 is 23.2 Å². The van der Waals surface area contributed by atoms with Gasteiger partial charge in [0, 0.05) is 56.2 Å². The van der Waals surface area contributed by atoms with Crippen molar-refractivity contribution >= 4 is 45.6 Å². The molecule has 1 saturated heterocycles. The summed E-state index contributed by atoms with van der Waals surface area (Å²) in [4.78, 5) is 22.1. The van der Waals surface area contributed by atoms with E-state index in [1.54, 1.807) is 0 Å². The Morgan fingerprint density at radius 2 is 1.77 bits per heavy atom. The second-order valence-electron chi connectivity index (χ2n) is 11.3. The van der Waals surface area contributed by atoms with Crippen molar-refractivity contribution in [1.29, 1.82) is 0 Å². The number of hydrogen-bond acceptors (Lipinski definition) is 5. The molecule has 1 aromatic heterocycles. The minimum atomic E-state index is 0.261. The Kier molecular flexibility index (Phi) is 10.9. The van der Waals surface area contributed by atoms with Crippen LogP contribution in [-0.4, -0.2) is 55.0 Å². The van der Waals surface area contributed by atoms with Crippen LogP contribution in [0.2, 0.25) is 10.0 Å². The highest BCUT2D eigenvalue weighted by atomic mass is 35.5. The molecule has 0 radical (unpaired) electrons. The monoisotopic (exact) mass is 569 g/mol. The van der Waals surface area contributed by atoms with Crippen LogP contribution in [0.3, 0.4) is 0 Å². The summed E-state index contributed by atoms with van der Waals surface area (Å²) in [5, 5.41) is 2.31. The van der Waals surface area contributed by atoms with Gasteiger partial charge in [-0.1, -0.05) is 56.1 Å². The molecule has 2 aromatic carbocycles. The van der Waals surface area contributed by atoms with Crippen molar-refractivity contribution < 1.29 is 9.53 Å². The largest absolute Gasteiger partial charge is 0.494 e. The van der Waals surface area contributed by atoms with Gasteiger partial charge in [-0.2, -0.15) is 0 Å². The van der Waals surface area contributed by atoms with Crippen molar-refractivity contribution in [3.8, 4) is 5.75 Å². The summed E-state index contributed by atoms with van der Waals surface area (Å²) in [5.41, 5.74) is 2.74. The predicted molar refractivity (Wildman–Crippen MR) is 164 cm³/mol. The fraction of sp³-hybridized carbons (Fsp3) is 0.500. The average Bonchev–Trinajstić information content (AvgIpc) is 2.89. The highest BCUT2D eigenvalue weighted by molar-refractivity contribution is 6.43. The standard InChI is InChI=1S/C32H41Cl2N3O2/c1-23(2)19-24(3)20-27(38)21-26-11-9-25-10-12-28(22-30(25)35-26)39-18-5-4-13-36-14-16-37(17-15-36)31-8-6-7-29(33)32(31)34/h6-12,22-24H,4-5,13-21H2,1-3H3. The third kappa shape index (κ3) is 8.83. The molecule has 5 nitrogen and oxygen atoms in total. The third-order valence-corrected chi connectivity index (χ3v) is 8.14. The molecule has 0 bridgehead atoms. The van der Waals surface area contributed by atoms with Crippen molar-refractivity contribution in [1.82, 2.24) is 9.88 Å². The maximum absolute atomic E-state index is 12.6. The second kappa shape index (κ2) is 14.3. The van der Waals surface area contributed by atoms with Gasteiger partial charge < -0.3 is 9.64 Å². The van der Waals surface area contributed by atoms with Crippen molar-refractivity contribution in [2.75, 3.05) is 44.2 Å². The quantitative estimate of drug-likeness (QED) is 0.197. The van der Waals surface area contributed by atoms with E-state index in [-0.39, 0.29) is 5.78 Å². The number of pyridine rings is 1. The molecule has 0 spiro atoms. The van der Waals surface area contributed by atoms with E-state index in [1.165, 1.54) is 0 Å². The third-order valence-electron chi connectivity index (χ3n) is 7.33. The number of hydrogen-bond donors (Lipinski definition) is 0. The lowest BCUT2D eigenvalue weighted by atomic mass is 9.93. The molecule has 0 aliphatic carbocycles. The number of aromatic nitrogens is 1. The number of anilines is 1. The number of carbonyl (C=O) groups is 1. The molecule has 39 heavy (non-hydrogen) atoms. The van der Waals surface area contributed by atoms with Gasteiger partial charge in [-0.3, -0.25) is 14.7 Å². The first kappa shape index (κ1) is 29.6. The van der Waals surface area contributed by atoms with Crippen molar-refractivity contribution in [2.45, 2.75) is 52.9 Å². The first-order valence-corrected chi connectivity index (χ1v) is 15.0. The van der Waals surface area contributed by atoms with E-state index in [1.807, 2.05) is 48.5 Å². The highest BCUT2D eigenvalue weighted by Gasteiger charge is 2.19. The Morgan fingerprint density at radius 3 is 2.54 bits per heavy atom. The number of unbranched alkanes of at least 4 members (excludes halogenated alkanes) is 1. The number of piperazine rings is 1. The van der Waals surface area contributed by atoms with Crippen LogP contribution < -0.4 is 9.64 Å². The SMILES string of the molecule is CC(C)CC(C)CC(=O)Cc1ccc2ccc(OCCCCN3CCN(c4cccc(Cl)c4Cl)CC3)cc2n1. The van der Waals surface area contributed by atoms with E-state index in [0.29, 0.717) is 41.3 Å². The van der Waals surface area contributed by atoms with Gasteiger partial charge in [-0.05, 0) is 68.0 Å². The topological polar surface area (TPSA) is 45.7 Å². The average molecular weight is 571 g/mol. The zero-order chi connectivity index (χ0) is 27.8. The van der Waals surface area contributed by atoms with Gasteiger partial charge in [0.25, 0.3) is 0 Å². The van der Waals surface area contributed by atoms with Crippen molar-refractivity contribution in [3.63, 3.8) is 0 Å². The zero-order valence-electron chi connectivity index (χ0n) is 23.5. The fourth-order valence-electron chi connectivity index (χ4n) is 5.45. The molecule has 2 heterocycles. The van der Waals surface area contributed by atoms with E-state index in [0.717, 1.165) is 80.0 Å². The van der Waals surface area contributed by atoms with Gasteiger partial charge in [-0.25, -0.2) is 0 Å². The number of Topliss-reactive ketones (excluding diaryl/α,β-unsaturated/α-hetero) is 1. The molecule has 1 atom stereocenters. The van der Waals surface area contributed by atoms with Gasteiger partial charge in [0.15, 0.2) is 0 Å². The first-order chi connectivity index (χ1) is 18.8. The van der Waals surface area contributed by atoms with Crippen molar-refractivity contribution in [3.05, 3.63) is 64.3 Å². The van der Waals surface area contributed by atoms with E-state index in [9.17, 15) is 4.79 Å². The number of benzene rings is 2. The van der Waals surface area contributed by atoms with Crippen LogP contribution in [0.5, 0.6) is 5.75 Å². The summed E-state index contributed by atoms with van der Waals surface area (Å²) < 4.78 is 6.05. The van der Waals surface area contributed by atoms with Gasteiger partial charge in [0.1, 0.15) is 11.5 Å². The number of ketones is 1. The molecule has 7 heteroatoms. The number of halogens is 2. The van der Waals surface area contributed by atoms with E-state index in [2.05, 4.69) is 30.6 Å². The highest BCUT2D eigenvalue weighted by Crippen LogP contribution is 2.33. The smallest absolute Gasteiger partial charge is 0.139 e. The van der Waals surface area contributed by atoms with Crippen molar-refractivity contribution in [2.24, 2.45) is 11.8 Å². The Hall–Kier alpha value is -2.34. The first-order valence-electron chi connectivity index (χ1n) is 14.2. The Balaban J connectivity index is 1.18. The molecular weight excluding hydrogens is 529 g/mol. The van der Waals surface area contributed by atoms with Gasteiger partial charge in [-0.15, -0.1) is 0 Å². The van der Waals surface area contributed by atoms with Crippen LogP contribution in [0.4, 0.5) is 5.69 Å². The lowest BCUT2D eigenvalue weighted by molar-refractivity contribution is -0.119. The minimum absolute atomic E-state index is 0.261. The second-order valence-corrected chi connectivity index (χ2v) is 12.1. The normalized spacial score (nSPS) is 15.2. The molecule has 1 aliphatic rings. The van der Waals surface area contributed by atoms with Gasteiger partial charge >= 0.3 is 0 Å². The van der Waals surface area contributed by atoms with Gasteiger partial charge in [0.05, 0.1) is 27.9 Å². The van der Waals surface area contributed by atoms with E-state index < -0.39 is 0 Å². The molecule has 0 saturated carbocycles. The molecule has 210 valence electrons. The maximum Gasteiger partial charge on any atom is 0.139 e. The summed E-state index contributed by atoms with van der Waals surface area (Å²) in [7, 11) is 0. The molecular formula is C32H41Cl2N3O2. The summed E-state index contributed by atoms with van der Waals surface area (Å²) >= 11 is 12.6. The number of ether oxygens (including phenoxy) is 1. The van der Waals surface area contributed by atoms with Gasteiger partial charge in [0.2, 0.25) is 0 Å². The summed E-state index contributed by atoms with van der Waals surface area (Å²) in [5.74, 6) is 2.12. The number of rotatable bonds is 13.